The third-order valence-electron chi connectivity index (χ3n) is 2.64. The van der Waals surface area contributed by atoms with Crippen molar-refractivity contribution in [2.24, 2.45) is 0 Å². The highest BCUT2D eigenvalue weighted by molar-refractivity contribution is 9.09. The minimum atomic E-state index is -1.47. The highest BCUT2D eigenvalue weighted by Crippen LogP contribution is 2.05. The fraction of sp³-hybridized carbons (Fsp3) is 0.909. The maximum atomic E-state index is 11.7. The molecule has 4 nitrogen and oxygen atoms in total. The number of alkyl halides is 1. The van der Waals surface area contributed by atoms with E-state index in [4.69, 9.17) is 8.85 Å². The quantitative estimate of drug-likeness (QED) is 0.455. The van der Waals surface area contributed by atoms with Crippen LogP contribution in [0.4, 0.5) is 0 Å². The van der Waals surface area contributed by atoms with Crippen LogP contribution >= 0.6 is 15.9 Å². The molecule has 0 atom stereocenters. The van der Waals surface area contributed by atoms with Crippen molar-refractivity contribution in [3.63, 3.8) is 0 Å². The minimum absolute atomic E-state index is 0.173. The molecule has 0 heterocycles. The van der Waals surface area contributed by atoms with Gasteiger partial charge in [-0.1, -0.05) is 29.3 Å². The van der Waals surface area contributed by atoms with E-state index in [2.05, 4.69) is 22.9 Å². The second-order valence-corrected chi connectivity index (χ2v) is 6.85. The summed E-state index contributed by atoms with van der Waals surface area (Å²) in [5.41, 5.74) is 0. The molecular formula is C11H24BrNO3Si. The van der Waals surface area contributed by atoms with Crippen LogP contribution in [0.1, 0.15) is 26.2 Å². The highest BCUT2D eigenvalue weighted by atomic mass is 79.9. The third kappa shape index (κ3) is 7.91. The van der Waals surface area contributed by atoms with Crippen molar-refractivity contribution in [1.82, 2.24) is 4.90 Å². The van der Waals surface area contributed by atoms with Crippen molar-refractivity contribution >= 4 is 31.1 Å². The summed E-state index contributed by atoms with van der Waals surface area (Å²) in [5, 5.41) is 0.409. The Balaban J connectivity index is 3.94. The van der Waals surface area contributed by atoms with E-state index in [1.807, 2.05) is 4.90 Å². The molecule has 6 heteroatoms. The zero-order valence-electron chi connectivity index (χ0n) is 11.1. The van der Waals surface area contributed by atoms with E-state index in [1.54, 1.807) is 14.2 Å². The summed E-state index contributed by atoms with van der Waals surface area (Å²) in [4.78, 5) is 13.6. The Morgan fingerprint density at radius 3 is 2.29 bits per heavy atom. The van der Waals surface area contributed by atoms with E-state index in [0.29, 0.717) is 5.33 Å². The van der Waals surface area contributed by atoms with E-state index in [1.165, 1.54) is 0 Å². The van der Waals surface area contributed by atoms with Gasteiger partial charge in [-0.15, -0.1) is 0 Å². The molecule has 0 fully saturated rings. The number of nitrogens with zero attached hydrogens (tertiary/aromatic N) is 1. The molecular weight excluding hydrogens is 302 g/mol. The molecule has 1 amide bonds. The van der Waals surface area contributed by atoms with Crippen molar-refractivity contribution in [3.8, 4) is 0 Å². The second kappa shape index (κ2) is 11.2. The van der Waals surface area contributed by atoms with Crippen molar-refractivity contribution in [2.45, 2.75) is 32.2 Å². The lowest BCUT2D eigenvalue weighted by Crippen LogP contribution is -2.34. The van der Waals surface area contributed by atoms with Gasteiger partial charge in [0.1, 0.15) is 0 Å². The molecule has 0 aliphatic carbocycles. The number of halogens is 1. The van der Waals surface area contributed by atoms with Crippen molar-refractivity contribution in [2.75, 3.05) is 32.6 Å². The van der Waals surface area contributed by atoms with Gasteiger partial charge in [0.2, 0.25) is 5.91 Å². The summed E-state index contributed by atoms with van der Waals surface area (Å²) < 4.78 is 10.5. The van der Waals surface area contributed by atoms with Gasteiger partial charge in [0.15, 0.2) is 0 Å². The first kappa shape index (κ1) is 17.1. The molecule has 0 aromatic rings. The number of carbonyl (C=O) groups is 1. The van der Waals surface area contributed by atoms with Crippen molar-refractivity contribution in [3.05, 3.63) is 0 Å². The van der Waals surface area contributed by atoms with E-state index >= 15 is 0 Å². The number of hydrogen-bond donors (Lipinski definition) is 0. The zero-order valence-corrected chi connectivity index (χ0v) is 13.8. The highest BCUT2D eigenvalue weighted by Gasteiger charge is 2.14. The van der Waals surface area contributed by atoms with Gasteiger partial charge in [0, 0.05) is 27.3 Å². The first-order chi connectivity index (χ1) is 8.19. The fourth-order valence-electron chi connectivity index (χ4n) is 1.58. The van der Waals surface area contributed by atoms with Crippen molar-refractivity contribution in [1.29, 1.82) is 0 Å². The Bertz CT molecular complexity index is 203. The Labute approximate surface area is 115 Å². The first-order valence-electron chi connectivity index (χ1n) is 6.08. The molecule has 0 saturated carbocycles. The van der Waals surface area contributed by atoms with Gasteiger partial charge in [-0.3, -0.25) is 4.79 Å². The Morgan fingerprint density at radius 1 is 1.24 bits per heavy atom. The summed E-state index contributed by atoms with van der Waals surface area (Å²) in [6, 6.07) is 0.950. The average molecular weight is 326 g/mol. The lowest BCUT2D eigenvalue weighted by Gasteiger charge is -2.22. The molecule has 0 unspecified atom stereocenters. The van der Waals surface area contributed by atoms with Crippen LogP contribution in [0, 0.1) is 0 Å². The summed E-state index contributed by atoms with van der Waals surface area (Å²) in [6.45, 7) is 3.79. The molecule has 0 aromatic carbocycles. The number of unbranched alkanes of at least 4 members (excludes halogenated alkanes) is 1. The number of hydrogen-bond acceptors (Lipinski definition) is 3. The fourth-order valence-corrected chi connectivity index (χ4v) is 3.11. The van der Waals surface area contributed by atoms with Gasteiger partial charge in [-0.05, 0) is 18.9 Å². The van der Waals surface area contributed by atoms with Gasteiger partial charge in [0.25, 0.3) is 0 Å². The van der Waals surface area contributed by atoms with Crippen LogP contribution in [0.15, 0.2) is 0 Å². The maximum absolute atomic E-state index is 11.7. The Kier molecular flexibility index (Phi) is 11.3. The van der Waals surface area contributed by atoms with Crippen LogP contribution in [-0.4, -0.2) is 52.7 Å². The molecule has 102 valence electrons. The molecule has 0 saturated heterocycles. The molecule has 0 aliphatic heterocycles. The first-order valence-corrected chi connectivity index (χ1v) is 8.97. The summed E-state index contributed by atoms with van der Waals surface area (Å²) in [6.07, 6.45) is 3.13. The van der Waals surface area contributed by atoms with E-state index in [-0.39, 0.29) is 5.91 Å². The summed E-state index contributed by atoms with van der Waals surface area (Å²) in [7, 11) is 1.92. The van der Waals surface area contributed by atoms with Gasteiger partial charge in [0.05, 0.1) is 5.33 Å². The average Bonchev–Trinajstić information content (AvgIpc) is 2.37. The topological polar surface area (TPSA) is 38.8 Å². The SMILES string of the molecule is CCCCN(CCC[SiH](OC)OC)C(=O)CBr. The predicted molar refractivity (Wildman–Crippen MR) is 75.9 cm³/mol. The van der Waals surface area contributed by atoms with Crippen LogP contribution < -0.4 is 0 Å². The maximum Gasteiger partial charge on any atom is 0.320 e. The van der Waals surface area contributed by atoms with E-state index in [9.17, 15) is 4.79 Å². The normalized spacial score (nSPS) is 10.9. The van der Waals surface area contributed by atoms with Gasteiger partial charge in [-0.2, -0.15) is 0 Å². The second-order valence-electron chi connectivity index (χ2n) is 3.91. The van der Waals surface area contributed by atoms with Crippen LogP contribution in [0.5, 0.6) is 0 Å². The standard InChI is InChI=1S/C11H24BrNO3Si/c1-4-5-7-13(11(14)10-12)8-6-9-17(15-2)16-3/h17H,4-10H2,1-3H3. The van der Waals surface area contributed by atoms with Gasteiger partial charge >= 0.3 is 9.28 Å². The van der Waals surface area contributed by atoms with Crippen LogP contribution in [0.2, 0.25) is 6.04 Å². The molecule has 0 bridgehead atoms. The summed E-state index contributed by atoms with van der Waals surface area (Å²) in [5.74, 6) is 0.173. The van der Waals surface area contributed by atoms with E-state index in [0.717, 1.165) is 38.4 Å². The third-order valence-corrected chi connectivity index (χ3v) is 5.05. The Morgan fingerprint density at radius 2 is 1.82 bits per heavy atom. The van der Waals surface area contributed by atoms with Crippen LogP contribution in [0.3, 0.4) is 0 Å². The molecule has 0 N–H and O–H groups in total. The lowest BCUT2D eigenvalue weighted by molar-refractivity contribution is -0.128. The zero-order chi connectivity index (χ0) is 13.1. The van der Waals surface area contributed by atoms with Gasteiger partial charge in [-0.25, -0.2) is 0 Å². The number of amides is 1. The van der Waals surface area contributed by atoms with E-state index < -0.39 is 9.28 Å². The monoisotopic (exact) mass is 325 g/mol. The van der Waals surface area contributed by atoms with Crippen LogP contribution in [-0.2, 0) is 13.6 Å². The van der Waals surface area contributed by atoms with Crippen LogP contribution in [0.25, 0.3) is 0 Å². The molecule has 0 spiro atoms. The van der Waals surface area contributed by atoms with Gasteiger partial charge < -0.3 is 13.8 Å². The molecule has 0 aromatic heterocycles. The Hall–Kier alpha value is 0.0869. The number of carbonyl (C=O) groups excluding carboxylic acids is 1. The van der Waals surface area contributed by atoms with Crippen molar-refractivity contribution < 1.29 is 13.6 Å². The summed E-state index contributed by atoms with van der Waals surface area (Å²) >= 11 is 3.22. The smallest absolute Gasteiger partial charge is 0.320 e. The minimum Gasteiger partial charge on any atom is -0.400 e. The molecule has 0 radical (unpaired) electrons. The molecule has 0 aliphatic rings. The largest absolute Gasteiger partial charge is 0.400 e. The molecule has 17 heavy (non-hydrogen) atoms. The lowest BCUT2D eigenvalue weighted by atomic mass is 10.3. The molecule has 0 rings (SSSR count). The number of rotatable bonds is 10. The predicted octanol–water partition coefficient (Wildman–Crippen LogP) is 1.91.